The number of carboxylic acid groups (broad SMARTS) is 1. The van der Waals surface area contributed by atoms with Crippen LogP contribution in [-0.4, -0.2) is 51.8 Å². The number of carbonyl (C=O) groups is 3. The van der Waals surface area contributed by atoms with Crippen LogP contribution in [-0.2, 0) is 20.8 Å². The average molecular weight is 407 g/mol. The van der Waals surface area contributed by atoms with Gasteiger partial charge in [0.05, 0.1) is 6.04 Å². The number of nitrogens with one attached hydrogen (secondary N) is 3. The summed E-state index contributed by atoms with van der Waals surface area (Å²) in [5.74, 6) is -2.54. The van der Waals surface area contributed by atoms with Gasteiger partial charge < -0.3 is 26.5 Å². The maximum Gasteiger partial charge on any atom is 0.326 e. The molecule has 152 valence electrons. The Bertz CT molecular complexity index is 851. The molecule has 0 saturated heterocycles. The Kier molecular flexibility index (Phi) is 7.47. The van der Waals surface area contributed by atoms with Crippen molar-refractivity contribution in [2.45, 2.75) is 38.4 Å². The maximum absolute atomic E-state index is 12.5. The Hall–Kier alpha value is -2.52. The summed E-state index contributed by atoms with van der Waals surface area (Å²) in [5, 5.41) is 15.2. The first kappa shape index (κ1) is 21.8. The molecule has 0 fully saturated rings. The Morgan fingerprint density at radius 1 is 1.18 bits per heavy atom. The van der Waals surface area contributed by atoms with Gasteiger partial charge in [-0.3, -0.25) is 9.59 Å². The lowest BCUT2D eigenvalue weighted by atomic mass is 10.0. The normalized spacial score (nSPS) is 14.5. The third-order valence-corrected chi connectivity index (χ3v) is 4.86. The van der Waals surface area contributed by atoms with Crippen molar-refractivity contribution < 1.29 is 19.5 Å². The maximum atomic E-state index is 12.5. The van der Waals surface area contributed by atoms with E-state index in [1.165, 1.54) is 0 Å². The predicted molar refractivity (Wildman–Crippen MR) is 110 cm³/mol. The van der Waals surface area contributed by atoms with Gasteiger partial charge in [0.2, 0.25) is 11.8 Å². The van der Waals surface area contributed by atoms with E-state index in [0.717, 1.165) is 16.5 Å². The second-order valence-corrected chi connectivity index (χ2v) is 7.35. The van der Waals surface area contributed by atoms with Crippen molar-refractivity contribution in [1.29, 1.82) is 0 Å². The lowest BCUT2D eigenvalue weighted by molar-refractivity contribution is -0.143. The molecule has 6 N–H and O–H groups in total. The van der Waals surface area contributed by atoms with Crippen LogP contribution in [0.25, 0.3) is 10.9 Å². The number of carbonyl (C=O) groups excluding carboxylic acids is 2. The molecule has 0 spiro atoms. The van der Waals surface area contributed by atoms with Crippen molar-refractivity contribution in [3.63, 3.8) is 0 Å². The van der Waals surface area contributed by atoms with Crippen molar-refractivity contribution in [1.82, 2.24) is 15.6 Å². The van der Waals surface area contributed by atoms with Crippen LogP contribution in [0.3, 0.4) is 0 Å². The van der Waals surface area contributed by atoms with Gasteiger partial charge in [-0.1, -0.05) is 32.0 Å². The highest BCUT2D eigenvalue weighted by Crippen LogP contribution is 2.18. The summed E-state index contributed by atoms with van der Waals surface area (Å²) in [6.45, 7) is 3.37. The molecule has 0 saturated carbocycles. The monoisotopic (exact) mass is 406 g/mol. The molecule has 0 aliphatic rings. The van der Waals surface area contributed by atoms with E-state index in [9.17, 15) is 19.5 Å². The smallest absolute Gasteiger partial charge is 0.326 e. The molecule has 1 heterocycles. The van der Waals surface area contributed by atoms with E-state index in [1.54, 1.807) is 20.0 Å². The number of para-hydroxylation sites is 1. The van der Waals surface area contributed by atoms with Gasteiger partial charge in [0, 0.05) is 22.9 Å². The van der Waals surface area contributed by atoms with Gasteiger partial charge in [-0.15, -0.1) is 0 Å². The molecule has 3 unspecified atom stereocenters. The Labute approximate surface area is 168 Å². The van der Waals surface area contributed by atoms with Gasteiger partial charge in [-0.2, -0.15) is 12.6 Å². The molecule has 2 aromatic rings. The van der Waals surface area contributed by atoms with E-state index in [0.29, 0.717) is 6.42 Å². The van der Waals surface area contributed by atoms with Gasteiger partial charge in [0.15, 0.2) is 0 Å². The summed E-state index contributed by atoms with van der Waals surface area (Å²) in [7, 11) is 0. The summed E-state index contributed by atoms with van der Waals surface area (Å²) in [6.07, 6.45) is 2.10. The SMILES string of the molecule is CC(C)C(NC(=O)C(CS)NC(=O)C(N)Cc1c[nH]c2ccccc12)C(=O)O. The fourth-order valence-electron chi connectivity index (χ4n) is 2.87. The largest absolute Gasteiger partial charge is 0.480 e. The van der Waals surface area contributed by atoms with Crippen LogP contribution in [0.4, 0.5) is 0 Å². The van der Waals surface area contributed by atoms with Crippen LogP contribution < -0.4 is 16.4 Å². The molecule has 3 atom stereocenters. The molecule has 0 radical (unpaired) electrons. The zero-order chi connectivity index (χ0) is 20.8. The molecule has 8 nitrogen and oxygen atoms in total. The standard InChI is InChI=1S/C19H26N4O4S/c1-10(2)16(19(26)27)23-18(25)15(9-28)22-17(24)13(20)7-11-8-21-14-6-4-3-5-12(11)14/h3-6,8,10,13,15-16,21,28H,7,9,20H2,1-2H3,(H,22,24)(H,23,25)(H,26,27). The summed E-state index contributed by atoms with van der Waals surface area (Å²) in [4.78, 5) is 39.2. The third kappa shape index (κ3) is 5.26. The van der Waals surface area contributed by atoms with Gasteiger partial charge in [0.1, 0.15) is 12.1 Å². The molecular formula is C19H26N4O4S. The Balaban J connectivity index is 2.00. The van der Waals surface area contributed by atoms with E-state index in [1.807, 2.05) is 24.3 Å². The molecule has 0 bridgehead atoms. The number of benzene rings is 1. The number of aromatic amines is 1. The van der Waals surface area contributed by atoms with Gasteiger partial charge in [-0.25, -0.2) is 4.79 Å². The average Bonchev–Trinajstić information content (AvgIpc) is 3.06. The second-order valence-electron chi connectivity index (χ2n) is 6.98. The zero-order valence-electron chi connectivity index (χ0n) is 15.8. The molecule has 1 aromatic heterocycles. The number of rotatable bonds is 9. The van der Waals surface area contributed by atoms with Gasteiger partial charge in [-0.05, 0) is 24.0 Å². The number of carboxylic acids is 1. The van der Waals surface area contributed by atoms with Crippen LogP contribution in [0.15, 0.2) is 30.5 Å². The van der Waals surface area contributed by atoms with Crippen molar-refractivity contribution in [3.8, 4) is 0 Å². The number of aromatic nitrogens is 1. The number of hydrogen-bond acceptors (Lipinski definition) is 5. The van der Waals surface area contributed by atoms with Crippen molar-refractivity contribution in [2.24, 2.45) is 11.7 Å². The van der Waals surface area contributed by atoms with E-state index >= 15 is 0 Å². The molecule has 1 aromatic carbocycles. The molecular weight excluding hydrogens is 380 g/mol. The van der Waals surface area contributed by atoms with E-state index < -0.39 is 35.9 Å². The molecule has 0 aliphatic heterocycles. The molecule has 2 rings (SSSR count). The van der Waals surface area contributed by atoms with Crippen LogP contribution in [0, 0.1) is 5.92 Å². The minimum atomic E-state index is -1.14. The Morgan fingerprint density at radius 2 is 1.86 bits per heavy atom. The highest BCUT2D eigenvalue weighted by Gasteiger charge is 2.29. The minimum absolute atomic E-state index is 0.0157. The highest BCUT2D eigenvalue weighted by molar-refractivity contribution is 7.80. The zero-order valence-corrected chi connectivity index (χ0v) is 16.7. The second kappa shape index (κ2) is 9.61. The first-order chi connectivity index (χ1) is 13.2. The highest BCUT2D eigenvalue weighted by atomic mass is 32.1. The summed E-state index contributed by atoms with van der Waals surface area (Å²) < 4.78 is 0. The molecule has 2 amide bonds. The van der Waals surface area contributed by atoms with Crippen LogP contribution in [0.1, 0.15) is 19.4 Å². The van der Waals surface area contributed by atoms with Gasteiger partial charge >= 0.3 is 5.97 Å². The number of fused-ring (bicyclic) bond motifs is 1. The first-order valence-electron chi connectivity index (χ1n) is 8.99. The summed E-state index contributed by atoms with van der Waals surface area (Å²) >= 11 is 4.09. The lowest BCUT2D eigenvalue weighted by Gasteiger charge is -2.23. The van der Waals surface area contributed by atoms with E-state index in [2.05, 4.69) is 28.2 Å². The molecule has 28 heavy (non-hydrogen) atoms. The van der Waals surface area contributed by atoms with Crippen LogP contribution >= 0.6 is 12.6 Å². The molecule has 0 aliphatic carbocycles. The Morgan fingerprint density at radius 3 is 2.46 bits per heavy atom. The number of aliphatic carboxylic acids is 1. The first-order valence-corrected chi connectivity index (χ1v) is 9.62. The topological polar surface area (TPSA) is 137 Å². The van der Waals surface area contributed by atoms with E-state index in [-0.39, 0.29) is 11.7 Å². The number of amides is 2. The fraction of sp³-hybridized carbons (Fsp3) is 0.421. The fourth-order valence-corrected chi connectivity index (χ4v) is 3.13. The van der Waals surface area contributed by atoms with Crippen LogP contribution in [0.5, 0.6) is 0 Å². The van der Waals surface area contributed by atoms with Crippen molar-refractivity contribution >= 4 is 41.3 Å². The number of nitrogens with two attached hydrogens (primary N) is 1. The van der Waals surface area contributed by atoms with Crippen molar-refractivity contribution in [2.75, 3.05) is 5.75 Å². The molecule has 9 heteroatoms. The van der Waals surface area contributed by atoms with Gasteiger partial charge in [0.25, 0.3) is 0 Å². The lowest BCUT2D eigenvalue weighted by Crippen LogP contribution is -2.56. The number of thiol groups is 1. The third-order valence-electron chi connectivity index (χ3n) is 4.50. The summed E-state index contributed by atoms with van der Waals surface area (Å²) in [5.41, 5.74) is 7.87. The van der Waals surface area contributed by atoms with Crippen molar-refractivity contribution in [3.05, 3.63) is 36.0 Å². The quantitative estimate of drug-likeness (QED) is 0.340. The number of hydrogen-bond donors (Lipinski definition) is 6. The predicted octanol–water partition coefficient (Wildman–Crippen LogP) is 0.678. The van der Waals surface area contributed by atoms with Crippen LogP contribution in [0.2, 0.25) is 0 Å². The number of H-pyrrole nitrogens is 1. The van der Waals surface area contributed by atoms with E-state index in [4.69, 9.17) is 5.73 Å². The summed E-state index contributed by atoms with van der Waals surface area (Å²) in [6, 6.07) is 4.78. The minimum Gasteiger partial charge on any atom is -0.480 e.